The van der Waals surface area contributed by atoms with Gasteiger partial charge >= 0.3 is 0 Å². The number of benzene rings is 1. The van der Waals surface area contributed by atoms with Crippen molar-refractivity contribution in [2.75, 3.05) is 12.4 Å². The van der Waals surface area contributed by atoms with Gasteiger partial charge < -0.3 is 15.8 Å². The van der Waals surface area contributed by atoms with E-state index in [1.165, 1.54) is 0 Å². The molecule has 0 aliphatic rings. The molecule has 3 N–H and O–H groups in total. The Morgan fingerprint density at radius 1 is 1.45 bits per heavy atom. The minimum Gasteiger partial charge on any atom is -0.380 e. The Bertz CT molecular complexity index is 592. The van der Waals surface area contributed by atoms with Gasteiger partial charge in [0.15, 0.2) is 5.96 Å². The van der Waals surface area contributed by atoms with Gasteiger partial charge in [-0.05, 0) is 6.07 Å². The molecule has 20 heavy (non-hydrogen) atoms. The molecular formula is C13H18N6O. The zero-order valence-electron chi connectivity index (χ0n) is 11.6. The fourth-order valence-electron chi connectivity index (χ4n) is 1.72. The SMILES string of the molecule is COCc1ccccc1NC(N)=NCc1cnnn1C. The zero-order chi connectivity index (χ0) is 14.4. The number of ether oxygens (including phenoxy) is 1. The summed E-state index contributed by atoms with van der Waals surface area (Å²) < 4.78 is 6.81. The number of aryl methyl sites for hydroxylation is 1. The number of nitrogens with zero attached hydrogens (tertiary/aromatic N) is 4. The lowest BCUT2D eigenvalue weighted by Gasteiger charge is -2.10. The van der Waals surface area contributed by atoms with Crippen LogP contribution in [0.1, 0.15) is 11.3 Å². The third-order valence-corrected chi connectivity index (χ3v) is 2.80. The van der Waals surface area contributed by atoms with Gasteiger partial charge in [0.05, 0.1) is 25.0 Å². The number of para-hydroxylation sites is 1. The Morgan fingerprint density at radius 3 is 2.95 bits per heavy atom. The Labute approximate surface area is 117 Å². The maximum atomic E-state index is 5.89. The Balaban J connectivity index is 2.04. The molecule has 7 heteroatoms. The van der Waals surface area contributed by atoms with Crippen molar-refractivity contribution in [1.29, 1.82) is 0 Å². The molecule has 0 fully saturated rings. The van der Waals surface area contributed by atoms with Crippen molar-refractivity contribution in [2.45, 2.75) is 13.2 Å². The molecule has 0 saturated carbocycles. The molecule has 0 unspecified atom stereocenters. The maximum absolute atomic E-state index is 5.89. The first kappa shape index (κ1) is 14.0. The lowest BCUT2D eigenvalue weighted by Crippen LogP contribution is -2.23. The molecule has 0 saturated heterocycles. The normalized spacial score (nSPS) is 11.6. The van der Waals surface area contributed by atoms with E-state index in [1.54, 1.807) is 18.0 Å². The van der Waals surface area contributed by atoms with Crippen molar-refractivity contribution in [3.8, 4) is 0 Å². The van der Waals surface area contributed by atoms with Gasteiger partial charge in [0.25, 0.3) is 0 Å². The molecule has 1 aromatic heterocycles. The topological polar surface area (TPSA) is 90.3 Å². The van der Waals surface area contributed by atoms with E-state index in [4.69, 9.17) is 10.5 Å². The summed E-state index contributed by atoms with van der Waals surface area (Å²) in [5, 5.41) is 10.7. The summed E-state index contributed by atoms with van der Waals surface area (Å²) in [6.45, 7) is 0.941. The number of guanidine groups is 1. The number of hydrogen-bond donors (Lipinski definition) is 2. The number of rotatable bonds is 5. The third-order valence-electron chi connectivity index (χ3n) is 2.80. The molecule has 1 heterocycles. The van der Waals surface area contributed by atoms with E-state index in [0.29, 0.717) is 19.1 Å². The number of nitrogens with one attached hydrogen (secondary N) is 1. The van der Waals surface area contributed by atoms with Crippen LogP contribution in [0.5, 0.6) is 0 Å². The van der Waals surface area contributed by atoms with E-state index in [0.717, 1.165) is 16.9 Å². The van der Waals surface area contributed by atoms with Gasteiger partial charge in [-0.2, -0.15) is 0 Å². The van der Waals surface area contributed by atoms with Gasteiger partial charge in [-0.15, -0.1) is 5.10 Å². The maximum Gasteiger partial charge on any atom is 0.193 e. The molecule has 2 rings (SSSR count). The van der Waals surface area contributed by atoms with Crippen molar-refractivity contribution in [1.82, 2.24) is 15.0 Å². The average molecular weight is 274 g/mol. The fourth-order valence-corrected chi connectivity index (χ4v) is 1.72. The third kappa shape index (κ3) is 3.55. The number of aliphatic imine (C=N–C) groups is 1. The molecular weight excluding hydrogens is 256 g/mol. The summed E-state index contributed by atoms with van der Waals surface area (Å²) >= 11 is 0. The molecule has 0 aliphatic carbocycles. The van der Waals surface area contributed by atoms with Gasteiger partial charge in [-0.3, -0.25) is 4.68 Å². The van der Waals surface area contributed by atoms with Gasteiger partial charge in [-0.25, -0.2) is 4.99 Å². The van der Waals surface area contributed by atoms with Crippen LogP contribution < -0.4 is 11.1 Å². The first-order valence-electron chi connectivity index (χ1n) is 6.18. The van der Waals surface area contributed by atoms with Crippen LogP contribution in [0.2, 0.25) is 0 Å². The molecule has 0 amide bonds. The first-order valence-corrected chi connectivity index (χ1v) is 6.18. The van der Waals surface area contributed by atoms with Crippen LogP contribution in [-0.4, -0.2) is 28.1 Å². The van der Waals surface area contributed by atoms with E-state index in [2.05, 4.69) is 20.6 Å². The van der Waals surface area contributed by atoms with Crippen LogP contribution in [0.4, 0.5) is 5.69 Å². The van der Waals surface area contributed by atoms with E-state index in [-0.39, 0.29) is 0 Å². The highest BCUT2D eigenvalue weighted by molar-refractivity contribution is 5.92. The predicted molar refractivity (Wildman–Crippen MR) is 77.1 cm³/mol. The fraction of sp³-hybridized carbons (Fsp3) is 0.308. The Hall–Kier alpha value is -2.41. The summed E-state index contributed by atoms with van der Waals surface area (Å²) in [5.41, 5.74) is 8.69. The van der Waals surface area contributed by atoms with E-state index in [1.807, 2.05) is 31.3 Å². The lowest BCUT2D eigenvalue weighted by molar-refractivity contribution is 0.185. The minimum atomic E-state index is 0.342. The van der Waals surface area contributed by atoms with Crippen molar-refractivity contribution in [3.63, 3.8) is 0 Å². The van der Waals surface area contributed by atoms with Crippen molar-refractivity contribution in [2.24, 2.45) is 17.8 Å². The number of nitrogens with two attached hydrogens (primary N) is 1. The smallest absolute Gasteiger partial charge is 0.193 e. The van der Waals surface area contributed by atoms with Crippen LogP contribution in [-0.2, 0) is 24.9 Å². The minimum absolute atomic E-state index is 0.342. The van der Waals surface area contributed by atoms with Crippen LogP contribution >= 0.6 is 0 Å². The molecule has 1 aromatic carbocycles. The summed E-state index contributed by atoms with van der Waals surface area (Å²) in [4.78, 5) is 4.27. The highest BCUT2D eigenvalue weighted by Crippen LogP contribution is 2.15. The molecule has 7 nitrogen and oxygen atoms in total. The molecule has 0 atom stereocenters. The molecule has 0 spiro atoms. The summed E-state index contributed by atoms with van der Waals surface area (Å²) in [7, 11) is 3.47. The number of anilines is 1. The van der Waals surface area contributed by atoms with Crippen LogP contribution in [0.25, 0.3) is 0 Å². The number of methoxy groups -OCH3 is 1. The van der Waals surface area contributed by atoms with Crippen molar-refractivity contribution >= 4 is 11.6 Å². The van der Waals surface area contributed by atoms with Crippen LogP contribution in [0, 0.1) is 0 Å². The summed E-state index contributed by atoms with van der Waals surface area (Å²) in [6, 6.07) is 7.79. The average Bonchev–Trinajstić information content (AvgIpc) is 2.84. The molecule has 0 bridgehead atoms. The zero-order valence-corrected chi connectivity index (χ0v) is 11.6. The summed E-state index contributed by atoms with van der Waals surface area (Å²) in [5.74, 6) is 0.342. The first-order chi connectivity index (χ1) is 9.70. The van der Waals surface area contributed by atoms with Gasteiger partial charge in [-0.1, -0.05) is 23.4 Å². The van der Waals surface area contributed by atoms with E-state index >= 15 is 0 Å². The standard InChI is InChI=1S/C13H18N6O/c1-19-11(8-16-18-19)7-15-13(14)17-12-6-4-3-5-10(12)9-20-2/h3-6,8H,7,9H2,1-2H3,(H3,14,15,17). The highest BCUT2D eigenvalue weighted by atomic mass is 16.5. The monoisotopic (exact) mass is 274 g/mol. The molecule has 2 aromatic rings. The number of hydrogen-bond acceptors (Lipinski definition) is 4. The van der Waals surface area contributed by atoms with Gasteiger partial charge in [0, 0.05) is 25.4 Å². The van der Waals surface area contributed by atoms with E-state index in [9.17, 15) is 0 Å². The van der Waals surface area contributed by atoms with Crippen LogP contribution in [0.3, 0.4) is 0 Å². The van der Waals surface area contributed by atoms with Crippen molar-refractivity contribution < 1.29 is 4.74 Å². The summed E-state index contributed by atoms with van der Waals surface area (Å²) in [6.07, 6.45) is 1.66. The van der Waals surface area contributed by atoms with Crippen LogP contribution in [0.15, 0.2) is 35.5 Å². The second-order valence-electron chi connectivity index (χ2n) is 4.27. The second kappa shape index (κ2) is 6.67. The predicted octanol–water partition coefficient (Wildman–Crippen LogP) is 0.888. The van der Waals surface area contributed by atoms with Crippen molar-refractivity contribution in [3.05, 3.63) is 41.7 Å². The lowest BCUT2D eigenvalue weighted by atomic mass is 10.2. The van der Waals surface area contributed by atoms with E-state index < -0.39 is 0 Å². The molecule has 0 radical (unpaired) electrons. The van der Waals surface area contributed by atoms with Gasteiger partial charge in [0.1, 0.15) is 0 Å². The molecule has 106 valence electrons. The Kier molecular flexibility index (Phi) is 4.67. The Morgan fingerprint density at radius 2 is 2.25 bits per heavy atom. The highest BCUT2D eigenvalue weighted by Gasteiger charge is 2.03. The largest absolute Gasteiger partial charge is 0.380 e. The number of aromatic nitrogens is 3. The van der Waals surface area contributed by atoms with Gasteiger partial charge in [0.2, 0.25) is 0 Å². The second-order valence-corrected chi connectivity index (χ2v) is 4.27. The molecule has 0 aliphatic heterocycles. The quantitative estimate of drug-likeness (QED) is 0.624.